The molecule has 1 aromatic heterocycles. The van der Waals surface area contributed by atoms with Gasteiger partial charge in [0.1, 0.15) is 0 Å². The van der Waals surface area contributed by atoms with Gasteiger partial charge < -0.3 is 5.32 Å². The number of pyridine rings is 1. The molecule has 2 heteroatoms. The molecule has 21 heavy (non-hydrogen) atoms. The van der Waals surface area contributed by atoms with Crippen LogP contribution < -0.4 is 5.32 Å². The maximum absolute atomic E-state index is 4.68. The van der Waals surface area contributed by atoms with Gasteiger partial charge in [-0.05, 0) is 35.9 Å². The average molecular weight is 270 g/mol. The minimum Gasteiger partial charge on any atom is -0.355 e. The standard InChI is InChI=1S/C19H14N2/c1-3-7-18-14(5-1)9-11-16(20-18)13-17-12-10-15-6-2-4-8-19(15)21-17/h1-13,20H/b16-13+. The fourth-order valence-electron chi connectivity index (χ4n) is 2.54. The van der Waals surface area contributed by atoms with Crippen molar-refractivity contribution in [1.82, 2.24) is 4.98 Å². The van der Waals surface area contributed by atoms with Gasteiger partial charge in [0.15, 0.2) is 0 Å². The molecule has 2 aromatic carbocycles. The lowest BCUT2D eigenvalue weighted by atomic mass is 10.1. The molecule has 0 saturated heterocycles. The van der Waals surface area contributed by atoms with Crippen LogP contribution in [0.5, 0.6) is 0 Å². The number of allylic oxidation sites excluding steroid dienone is 1. The van der Waals surface area contributed by atoms with E-state index in [0.717, 1.165) is 28.0 Å². The summed E-state index contributed by atoms with van der Waals surface area (Å²) < 4.78 is 0. The molecule has 100 valence electrons. The number of aromatic nitrogens is 1. The van der Waals surface area contributed by atoms with Crippen molar-refractivity contribution in [2.45, 2.75) is 0 Å². The number of hydrogen-bond donors (Lipinski definition) is 1. The van der Waals surface area contributed by atoms with Crippen LogP contribution in [-0.4, -0.2) is 4.98 Å². The molecule has 0 aliphatic carbocycles. The van der Waals surface area contributed by atoms with E-state index in [9.17, 15) is 0 Å². The Kier molecular flexibility index (Phi) is 2.79. The lowest BCUT2D eigenvalue weighted by molar-refractivity contribution is 1.35. The van der Waals surface area contributed by atoms with Crippen LogP contribution >= 0.6 is 0 Å². The molecular weight excluding hydrogens is 256 g/mol. The first-order valence-electron chi connectivity index (χ1n) is 7.00. The Balaban J connectivity index is 1.71. The molecule has 0 spiro atoms. The van der Waals surface area contributed by atoms with Crippen LogP contribution in [0.2, 0.25) is 0 Å². The van der Waals surface area contributed by atoms with E-state index in [4.69, 9.17) is 0 Å². The van der Waals surface area contributed by atoms with Gasteiger partial charge in [-0.1, -0.05) is 48.5 Å². The summed E-state index contributed by atoms with van der Waals surface area (Å²) in [6, 6.07) is 20.6. The highest BCUT2D eigenvalue weighted by Crippen LogP contribution is 2.25. The Labute approximate surface area is 123 Å². The molecule has 0 unspecified atom stereocenters. The molecule has 0 radical (unpaired) electrons. The van der Waals surface area contributed by atoms with Crippen molar-refractivity contribution in [3.8, 4) is 0 Å². The van der Waals surface area contributed by atoms with Crippen molar-refractivity contribution in [2.24, 2.45) is 0 Å². The van der Waals surface area contributed by atoms with Crippen LogP contribution in [-0.2, 0) is 0 Å². The lowest BCUT2D eigenvalue weighted by Crippen LogP contribution is -2.02. The number of nitrogens with zero attached hydrogens (tertiary/aromatic N) is 1. The van der Waals surface area contributed by atoms with Crippen LogP contribution in [0.1, 0.15) is 11.3 Å². The third-order valence-corrected chi connectivity index (χ3v) is 3.61. The zero-order valence-electron chi connectivity index (χ0n) is 11.5. The summed E-state index contributed by atoms with van der Waals surface area (Å²) in [5.74, 6) is 0. The number of fused-ring (bicyclic) bond motifs is 2. The van der Waals surface area contributed by atoms with Crippen LogP contribution in [0.15, 0.2) is 72.4 Å². The van der Waals surface area contributed by atoms with Gasteiger partial charge in [-0.25, -0.2) is 4.98 Å². The van der Waals surface area contributed by atoms with Crippen LogP contribution in [0.3, 0.4) is 0 Å². The number of benzene rings is 2. The highest BCUT2D eigenvalue weighted by Gasteiger charge is 2.06. The van der Waals surface area contributed by atoms with Gasteiger partial charge in [-0.15, -0.1) is 0 Å². The monoisotopic (exact) mass is 270 g/mol. The first-order valence-corrected chi connectivity index (χ1v) is 7.00. The summed E-state index contributed by atoms with van der Waals surface area (Å²) in [7, 11) is 0. The van der Waals surface area contributed by atoms with Crippen molar-refractivity contribution < 1.29 is 0 Å². The van der Waals surface area contributed by atoms with Gasteiger partial charge in [-0.3, -0.25) is 0 Å². The maximum Gasteiger partial charge on any atom is 0.0709 e. The first-order chi connectivity index (χ1) is 10.4. The van der Waals surface area contributed by atoms with E-state index < -0.39 is 0 Å². The Morgan fingerprint density at radius 2 is 1.67 bits per heavy atom. The minimum absolute atomic E-state index is 0.959. The van der Waals surface area contributed by atoms with E-state index in [0.29, 0.717) is 0 Å². The molecule has 0 atom stereocenters. The van der Waals surface area contributed by atoms with E-state index in [1.807, 2.05) is 36.4 Å². The Morgan fingerprint density at radius 1 is 0.810 bits per heavy atom. The number of rotatable bonds is 1. The van der Waals surface area contributed by atoms with Crippen molar-refractivity contribution in [2.75, 3.05) is 5.32 Å². The molecule has 0 saturated carbocycles. The maximum atomic E-state index is 4.68. The smallest absolute Gasteiger partial charge is 0.0709 e. The molecule has 1 aliphatic heterocycles. The van der Waals surface area contributed by atoms with Gasteiger partial charge in [-0.2, -0.15) is 0 Å². The number of nitrogens with one attached hydrogen (secondary N) is 1. The second-order valence-corrected chi connectivity index (χ2v) is 5.07. The first kappa shape index (κ1) is 11.9. The van der Waals surface area contributed by atoms with E-state index >= 15 is 0 Å². The van der Waals surface area contributed by atoms with Crippen LogP contribution in [0.25, 0.3) is 23.1 Å². The van der Waals surface area contributed by atoms with Crippen LogP contribution in [0.4, 0.5) is 5.69 Å². The second kappa shape index (κ2) is 4.91. The summed E-state index contributed by atoms with van der Waals surface area (Å²) in [4.78, 5) is 4.68. The summed E-state index contributed by atoms with van der Waals surface area (Å²) in [6.45, 7) is 0. The molecular formula is C19H14N2. The summed E-state index contributed by atoms with van der Waals surface area (Å²) in [5.41, 5.74) is 5.37. The fourth-order valence-corrected chi connectivity index (χ4v) is 2.54. The Bertz CT molecular complexity index is 875. The summed E-state index contributed by atoms with van der Waals surface area (Å²) in [6.07, 6.45) is 6.27. The van der Waals surface area contributed by atoms with Crippen molar-refractivity contribution in [1.29, 1.82) is 0 Å². The molecule has 2 nitrogen and oxygen atoms in total. The minimum atomic E-state index is 0.959. The normalized spacial score (nSPS) is 15.0. The molecule has 0 fully saturated rings. The van der Waals surface area contributed by atoms with Gasteiger partial charge in [0, 0.05) is 16.8 Å². The largest absolute Gasteiger partial charge is 0.355 e. The molecule has 2 heterocycles. The van der Waals surface area contributed by atoms with Gasteiger partial charge in [0.05, 0.1) is 11.2 Å². The fraction of sp³-hybridized carbons (Fsp3) is 0. The SMILES string of the molecule is C1=Cc2ccccc2N/C1=C/c1ccc2ccccc2n1. The predicted octanol–water partition coefficient (Wildman–Crippen LogP) is 4.71. The predicted molar refractivity (Wildman–Crippen MR) is 88.8 cm³/mol. The zero-order valence-corrected chi connectivity index (χ0v) is 11.5. The van der Waals surface area contributed by atoms with Gasteiger partial charge >= 0.3 is 0 Å². The van der Waals surface area contributed by atoms with Crippen molar-refractivity contribution >= 4 is 28.7 Å². The molecule has 1 aliphatic rings. The highest BCUT2D eigenvalue weighted by atomic mass is 14.9. The summed E-state index contributed by atoms with van der Waals surface area (Å²) in [5, 5.41) is 4.59. The van der Waals surface area contributed by atoms with Crippen molar-refractivity contribution in [3.05, 3.63) is 83.7 Å². The molecule has 3 aromatic rings. The van der Waals surface area contributed by atoms with Gasteiger partial charge in [0.2, 0.25) is 0 Å². The highest BCUT2D eigenvalue weighted by molar-refractivity contribution is 5.81. The topological polar surface area (TPSA) is 24.9 Å². The van der Waals surface area contributed by atoms with E-state index in [2.05, 4.69) is 52.8 Å². The lowest BCUT2D eigenvalue weighted by Gasteiger charge is -2.15. The third kappa shape index (κ3) is 2.32. The Morgan fingerprint density at radius 3 is 2.67 bits per heavy atom. The Hall–Kier alpha value is -2.87. The number of anilines is 1. The average Bonchev–Trinajstić information content (AvgIpc) is 2.55. The van der Waals surface area contributed by atoms with E-state index in [1.54, 1.807) is 0 Å². The second-order valence-electron chi connectivity index (χ2n) is 5.07. The van der Waals surface area contributed by atoms with Gasteiger partial charge in [0.25, 0.3) is 0 Å². The van der Waals surface area contributed by atoms with Crippen molar-refractivity contribution in [3.63, 3.8) is 0 Å². The number of para-hydroxylation sites is 2. The molecule has 0 bridgehead atoms. The number of hydrogen-bond acceptors (Lipinski definition) is 2. The molecule has 1 N–H and O–H groups in total. The van der Waals surface area contributed by atoms with E-state index in [-0.39, 0.29) is 0 Å². The van der Waals surface area contributed by atoms with Crippen LogP contribution in [0, 0.1) is 0 Å². The summed E-state index contributed by atoms with van der Waals surface area (Å²) >= 11 is 0. The third-order valence-electron chi connectivity index (χ3n) is 3.61. The van der Waals surface area contributed by atoms with E-state index in [1.165, 1.54) is 5.56 Å². The quantitative estimate of drug-likeness (QED) is 0.692. The zero-order chi connectivity index (χ0) is 14.1. The molecule has 4 rings (SSSR count). The molecule has 0 amide bonds.